The van der Waals surface area contributed by atoms with Gasteiger partial charge in [0.25, 0.3) is 0 Å². The van der Waals surface area contributed by atoms with Crippen molar-refractivity contribution in [1.29, 1.82) is 0 Å². The molecule has 0 saturated heterocycles. The average Bonchev–Trinajstić information content (AvgIpc) is 3.02. The number of amides is 4. The first-order valence-electron chi connectivity index (χ1n) is 17.4. The standard InChI is InChI=1S/C33H58N4O12/c34-26(38)20-17-23(31(44)45)36-28(40)22-19-25(33(48)49)37-29(41)21-18-24(32(46)47)35-27(39)15-13-11-9-7-5-3-1-2-4-6-8-10-12-14-16-30(42)43/h23-25,31,44-45H,1-22H2,(H2,34,38)(H,35,39)(H,36,40)(H,37,41)(H,42,43)(H,46,47)(H,48,49)/t23-,24-,25-/m0/s1. The first-order valence-corrected chi connectivity index (χ1v) is 17.4. The Morgan fingerprint density at radius 2 is 0.796 bits per heavy atom. The molecule has 0 saturated carbocycles. The number of aliphatic carboxylic acids is 3. The number of primary amides is 1. The van der Waals surface area contributed by atoms with Crippen molar-refractivity contribution in [3.05, 3.63) is 0 Å². The number of nitrogens with one attached hydrogen (secondary N) is 3. The zero-order chi connectivity index (χ0) is 37.0. The molecule has 0 heterocycles. The van der Waals surface area contributed by atoms with E-state index < -0.39 is 78.8 Å². The van der Waals surface area contributed by atoms with E-state index in [4.69, 9.17) is 10.8 Å². The van der Waals surface area contributed by atoms with Gasteiger partial charge in [0, 0.05) is 32.1 Å². The van der Waals surface area contributed by atoms with Crippen molar-refractivity contribution in [3.8, 4) is 0 Å². The molecule has 16 heteroatoms. The quantitative estimate of drug-likeness (QED) is 0.0360. The number of unbranched alkanes of at least 4 members (excludes halogenated alkanes) is 13. The Bertz CT molecular complexity index is 1020. The van der Waals surface area contributed by atoms with E-state index in [9.17, 15) is 54.0 Å². The van der Waals surface area contributed by atoms with Crippen LogP contribution >= 0.6 is 0 Å². The Kier molecular flexibility index (Phi) is 25.9. The Morgan fingerprint density at radius 3 is 1.14 bits per heavy atom. The molecule has 0 fully saturated rings. The highest BCUT2D eigenvalue weighted by Crippen LogP contribution is 2.14. The number of aliphatic hydroxyl groups excluding tert-OH is 1. The Morgan fingerprint density at radius 1 is 0.449 bits per heavy atom. The maximum absolute atomic E-state index is 12.4. The van der Waals surface area contributed by atoms with Gasteiger partial charge in [0.2, 0.25) is 23.6 Å². The summed E-state index contributed by atoms with van der Waals surface area (Å²) in [5.41, 5.74) is 5.02. The first kappa shape index (κ1) is 45.2. The Balaban J connectivity index is 4.21. The van der Waals surface area contributed by atoms with Crippen molar-refractivity contribution < 1.29 is 59.1 Å². The van der Waals surface area contributed by atoms with Gasteiger partial charge in [-0.2, -0.15) is 0 Å². The van der Waals surface area contributed by atoms with Crippen molar-refractivity contribution >= 4 is 41.5 Å². The van der Waals surface area contributed by atoms with Crippen LogP contribution in [-0.2, 0) is 33.6 Å². The highest BCUT2D eigenvalue weighted by Gasteiger charge is 2.26. The average molecular weight is 703 g/mol. The fourth-order valence-electron chi connectivity index (χ4n) is 5.15. The molecular weight excluding hydrogens is 644 g/mol. The zero-order valence-corrected chi connectivity index (χ0v) is 28.5. The molecule has 0 aromatic rings. The molecule has 0 unspecified atom stereocenters. The molecule has 0 spiro atoms. The lowest BCUT2D eigenvalue weighted by molar-refractivity contribution is -0.143. The summed E-state index contributed by atoms with van der Waals surface area (Å²) in [5, 5.41) is 53.2. The lowest BCUT2D eigenvalue weighted by atomic mass is 10.0. The van der Waals surface area contributed by atoms with Crippen LogP contribution in [0.15, 0.2) is 0 Å². The van der Waals surface area contributed by atoms with Gasteiger partial charge in [-0.15, -0.1) is 0 Å². The van der Waals surface area contributed by atoms with Gasteiger partial charge in [0.1, 0.15) is 12.1 Å². The molecule has 16 nitrogen and oxygen atoms in total. The maximum atomic E-state index is 12.4. The molecule has 10 N–H and O–H groups in total. The molecule has 0 aliphatic carbocycles. The van der Waals surface area contributed by atoms with Crippen LogP contribution in [0.1, 0.15) is 141 Å². The van der Waals surface area contributed by atoms with E-state index in [1.807, 2.05) is 0 Å². The summed E-state index contributed by atoms with van der Waals surface area (Å²) < 4.78 is 0. The van der Waals surface area contributed by atoms with E-state index in [0.717, 1.165) is 57.8 Å². The predicted octanol–water partition coefficient (Wildman–Crippen LogP) is 2.07. The lowest BCUT2D eigenvalue weighted by Gasteiger charge is -2.21. The molecular formula is C33H58N4O12. The molecule has 0 aliphatic rings. The first-order chi connectivity index (χ1) is 23.2. The van der Waals surface area contributed by atoms with Crippen LogP contribution in [0, 0.1) is 0 Å². The topological polar surface area (TPSA) is 283 Å². The van der Waals surface area contributed by atoms with Crippen LogP contribution in [0.25, 0.3) is 0 Å². The van der Waals surface area contributed by atoms with Crippen molar-refractivity contribution in [2.45, 2.75) is 166 Å². The third-order valence-electron chi connectivity index (χ3n) is 8.04. The van der Waals surface area contributed by atoms with Gasteiger partial charge in [0.15, 0.2) is 6.29 Å². The second-order valence-corrected chi connectivity index (χ2v) is 12.4. The number of aliphatic hydroxyl groups is 2. The van der Waals surface area contributed by atoms with Gasteiger partial charge in [-0.3, -0.25) is 24.0 Å². The Hall–Kier alpha value is -3.79. The number of rotatable bonds is 32. The molecule has 0 aliphatic heterocycles. The van der Waals surface area contributed by atoms with Gasteiger partial charge in [-0.05, 0) is 32.1 Å². The van der Waals surface area contributed by atoms with E-state index >= 15 is 0 Å². The summed E-state index contributed by atoms with van der Waals surface area (Å²) in [5.74, 6) is -6.21. The van der Waals surface area contributed by atoms with Crippen molar-refractivity contribution in [2.75, 3.05) is 0 Å². The van der Waals surface area contributed by atoms with Crippen LogP contribution < -0.4 is 21.7 Å². The monoisotopic (exact) mass is 702 g/mol. The number of hydrogen-bond donors (Lipinski definition) is 9. The molecule has 3 atom stereocenters. The van der Waals surface area contributed by atoms with Crippen LogP contribution in [0.3, 0.4) is 0 Å². The van der Waals surface area contributed by atoms with Crippen LogP contribution in [-0.4, -0.2) is 91.5 Å². The highest BCUT2D eigenvalue weighted by molar-refractivity contribution is 5.86. The van der Waals surface area contributed by atoms with E-state index in [2.05, 4.69) is 16.0 Å². The SMILES string of the molecule is NC(=O)CC[C@H](NC(=O)CC[C@H](NC(=O)CC[C@H](NC(=O)CCCCCCCCCCCCCCCCC(=O)O)C(=O)O)C(=O)O)C(O)O. The maximum Gasteiger partial charge on any atom is 0.326 e. The number of carbonyl (C=O) groups is 7. The van der Waals surface area contributed by atoms with E-state index in [0.29, 0.717) is 6.42 Å². The number of hydrogen-bond acceptors (Lipinski definition) is 9. The van der Waals surface area contributed by atoms with Crippen molar-refractivity contribution in [3.63, 3.8) is 0 Å². The number of nitrogens with two attached hydrogens (primary N) is 1. The van der Waals surface area contributed by atoms with E-state index in [1.54, 1.807) is 0 Å². The largest absolute Gasteiger partial charge is 0.481 e. The van der Waals surface area contributed by atoms with Crippen molar-refractivity contribution in [2.24, 2.45) is 5.73 Å². The van der Waals surface area contributed by atoms with E-state index in [1.165, 1.54) is 25.7 Å². The van der Waals surface area contributed by atoms with Gasteiger partial charge in [-0.1, -0.05) is 77.0 Å². The summed E-state index contributed by atoms with van der Waals surface area (Å²) in [6.45, 7) is 0. The molecule has 0 aromatic heterocycles. The fourth-order valence-corrected chi connectivity index (χ4v) is 5.15. The number of carboxylic acid groups (broad SMARTS) is 3. The minimum Gasteiger partial charge on any atom is -0.481 e. The van der Waals surface area contributed by atoms with Gasteiger partial charge < -0.3 is 47.2 Å². The molecule has 4 amide bonds. The zero-order valence-electron chi connectivity index (χ0n) is 28.5. The highest BCUT2D eigenvalue weighted by atomic mass is 16.5. The van der Waals surface area contributed by atoms with Gasteiger partial charge in [0.05, 0.1) is 6.04 Å². The van der Waals surface area contributed by atoms with Crippen molar-refractivity contribution in [1.82, 2.24) is 16.0 Å². The summed E-state index contributed by atoms with van der Waals surface area (Å²) in [6.07, 6.45) is 11.1. The second kappa shape index (κ2) is 28.1. The summed E-state index contributed by atoms with van der Waals surface area (Å²) in [4.78, 5) is 81.5. The normalized spacial score (nSPS) is 12.9. The van der Waals surface area contributed by atoms with E-state index in [-0.39, 0.29) is 38.5 Å². The van der Waals surface area contributed by atoms with Gasteiger partial charge >= 0.3 is 17.9 Å². The number of carboxylic acids is 3. The summed E-state index contributed by atoms with van der Waals surface area (Å²) in [7, 11) is 0. The summed E-state index contributed by atoms with van der Waals surface area (Å²) >= 11 is 0. The lowest BCUT2D eigenvalue weighted by Crippen LogP contribution is -2.46. The minimum absolute atomic E-state index is 0.145. The molecule has 0 radical (unpaired) electrons. The molecule has 0 rings (SSSR count). The third kappa shape index (κ3) is 26.8. The third-order valence-corrected chi connectivity index (χ3v) is 8.04. The van der Waals surface area contributed by atoms with Crippen LogP contribution in [0.4, 0.5) is 0 Å². The predicted molar refractivity (Wildman–Crippen MR) is 178 cm³/mol. The van der Waals surface area contributed by atoms with Gasteiger partial charge in [-0.25, -0.2) is 9.59 Å². The molecule has 0 bridgehead atoms. The fraction of sp³-hybridized carbons (Fsp3) is 0.788. The molecule has 0 aromatic carbocycles. The minimum atomic E-state index is -1.98. The summed E-state index contributed by atoms with van der Waals surface area (Å²) in [6, 6.07) is -4.04. The van der Waals surface area contributed by atoms with Crippen LogP contribution in [0.5, 0.6) is 0 Å². The second-order valence-electron chi connectivity index (χ2n) is 12.4. The van der Waals surface area contributed by atoms with Crippen LogP contribution in [0.2, 0.25) is 0 Å². The smallest absolute Gasteiger partial charge is 0.326 e. The molecule has 282 valence electrons. The molecule has 49 heavy (non-hydrogen) atoms. The number of carbonyl (C=O) groups excluding carboxylic acids is 4. The Labute approximate surface area is 288 Å².